The van der Waals surface area contributed by atoms with Crippen molar-refractivity contribution < 1.29 is 31.8 Å². The van der Waals surface area contributed by atoms with Crippen LogP contribution < -0.4 is 15.5 Å². The molecule has 8 rings (SSSR count). The van der Waals surface area contributed by atoms with E-state index in [4.69, 9.17) is 4.74 Å². The third-order valence-electron chi connectivity index (χ3n) is 11.3. The van der Waals surface area contributed by atoms with E-state index >= 15 is 13.2 Å². The third kappa shape index (κ3) is 8.65. The fraction of sp³-hybridized carbons (Fsp3) is 0.295. The molecule has 3 atom stereocenters. The number of hydrogen-bond donors (Lipinski definition) is 1. The highest BCUT2D eigenvalue weighted by molar-refractivity contribution is 5.66. The average Bonchev–Trinajstić information content (AvgIpc) is 3.95. The molecule has 0 amide bonds. The number of aromatic nitrogens is 9. The van der Waals surface area contributed by atoms with Crippen LogP contribution in [0.25, 0.3) is 16.9 Å². The van der Waals surface area contributed by atoms with Gasteiger partial charge in [-0.3, -0.25) is 4.98 Å². The van der Waals surface area contributed by atoms with Crippen LogP contribution in [0.15, 0.2) is 121 Å². The van der Waals surface area contributed by atoms with E-state index in [1.54, 1.807) is 6.20 Å². The Balaban J connectivity index is 0.900. The minimum atomic E-state index is -4.19. The van der Waals surface area contributed by atoms with E-state index in [-0.39, 0.29) is 18.0 Å². The Hall–Kier alpha value is -6.86. The summed E-state index contributed by atoms with van der Waals surface area (Å²) in [7, 11) is 0. The highest BCUT2D eigenvalue weighted by Crippen LogP contribution is 2.47. The van der Waals surface area contributed by atoms with E-state index < -0.39 is 52.5 Å². The zero-order valence-corrected chi connectivity index (χ0v) is 34.1. The molecule has 14 nitrogen and oxygen atoms in total. The van der Waals surface area contributed by atoms with Gasteiger partial charge in [0, 0.05) is 61.3 Å². The van der Waals surface area contributed by atoms with Crippen LogP contribution in [0.4, 0.5) is 33.3 Å². The molecule has 1 saturated heterocycles. The number of piperazine rings is 1. The van der Waals surface area contributed by atoms with Crippen LogP contribution in [0.1, 0.15) is 43.1 Å². The Morgan fingerprint density at radius 1 is 0.810 bits per heavy atom. The summed E-state index contributed by atoms with van der Waals surface area (Å²) in [5.41, 5.74) is -1.82. The predicted molar refractivity (Wildman–Crippen MR) is 222 cm³/mol. The van der Waals surface area contributed by atoms with Crippen molar-refractivity contribution in [3.8, 4) is 16.9 Å². The SMILES string of the molecule is CC[C@@H]([C@H](C)OCc1ccccc1)n1ncn(-c2ncc(N3CCN(c4ccc(-c5ccc(C(F)(F)C(O)(Cn6cnnn6)c6ccc(F)cc6F)nc5)cc4)CC3)cc2F)c1=O. The van der Waals surface area contributed by atoms with E-state index in [1.807, 2.05) is 73.3 Å². The number of pyridine rings is 2. The Kier molecular flexibility index (Phi) is 12.1. The number of halogens is 5. The monoisotopic (exact) mass is 867 g/mol. The van der Waals surface area contributed by atoms with Crippen LogP contribution in [0.5, 0.6) is 0 Å². The Bertz CT molecular complexity index is 2690. The van der Waals surface area contributed by atoms with Crippen molar-refractivity contribution in [3.05, 3.63) is 161 Å². The van der Waals surface area contributed by atoms with Gasteiger partial charge in [0.2, 0.25) is 0 Å². The number of nitrogens with zero attached hydrogens (tertiary/aromatic N) is 11. The molecule has 0 bridgehead atoms. The van der Waals surface area contributed by atoms with Gasteiger partial charge < -0.3 is 19.6 Å². The second-order valence-corrected chi connectivity index (χ2v) is 15.2. The van der Waals surface area contributed by atoms with Crippen molar-refractivity contribution >= 4 is 11.4 Å². The lowest BCUT2D eigenvalue weighted by Crippen LogP contribution is -2.48. The lowest BCUT2D eigenvalue weighted by molar-refractivity contribution is -0.207. The number of aliphatic hydroxyl groups is 1. The van der Waals surface area contributed by atoms with Crippen molar-refractivity contribution in [1.82, 2.24) is 44.5 Å². The molecule has 0 aliphatic carbocycles. The van der Waals surface area contributed by atoms with Gasteiger partial charge in [-0.25, -0.2) is 36.9 Å². The average molecular weight is 868 g/mol. The normalized spacial score (nSPS) is 15.3. The van der Waals surface area contributed by atoms with E-state index in [0.717, 1.165) is 45.0 Å². The lowest BCUT2D eigenvalue weighted by atomic mass is 9.84. The van der Waals surface area contributed by atoms with E-state index in [0.29, 0.717) is 62.1 Å². The summed E-state index contributed by atoms with van der Waals surface area (Å²) < 4.78 is 86.0. The maximum Gasteiger partial charge on any atom is 0.352 e. The summed E-state index contributed by atoms with van der Waals surface area (Å²) in [6.45, 7) is 5.55. The van der Waals surface area contributed by atoms with Crippen LogP contribution >= 0.6 is 0 Å². The summed E-state index contributed by atoms with van der Waals surface area (Å²) in [5, 5.41) is 26.1. The Labute approximate surface area is 357 Å². The molecule has 19 heteroatoms. The number of rotatable bonds is 15. The summed E-state index contributed by atoms with van der Waals surface area (Å²) >= 11 is 0. The van der Waals surface area contributed by atoms with E-state index in [1.165, 1.54) is 29.3 Å². The van der Waals surface area contributed by atoms with Crippen molar-refractivity contribution in [2.45, 2.75) is 57.1 Å². The van der Waals surface area contributed by atoms with Crippen molar-refractivity contribution in [2.75, 3.05) is 36.0 Å². The predicted octanol–water partition coefficient (Wildman–Crippen LogP) is 6.46. The lowest BCUT2D eigenvalue weighted by Gasteiger charge is -2.37. The van der Waals surface area contributed by atoms with Gasteiger partial charge in [-0.15, -0.1) is 5.10 Å². The van der Waals surface area contributed by atoms with Gasteiger partial charge in [0.05, 0.1) is 37.2 Å². The van der Waals surface area contributed by atoms with Crippen LogP contribution in [0.3, 0.4) is 0 Å². The standard InChI is InChI=1S/C44H42F5N11O3/c1-3-39(29(2)63-25-30-7-5-4-6-8-30)60-42(61)59(28-53-60)41-38(47)22-35(24-51-41)57-19-17-56(18-20-57)34-13-9-31(10-14-34)32-11-16-40(50-23-32)44(48,49)43(62,26-58-27-52-54-55-58)36-15-12-33(45)21-37(36)46/h4-16,21-24,27-29,39,62H,3,17-20,25-26H2,1-2H3/t29-,39-,43?/m0/s1. The zero-order valence-electron chi connectivity index (χ0n) is 34.1. The van der Waals surface area contributed by atoms with Crippen molar-refractivity contribution in [3.63, 3.8) is 0 Å². The highest BCUT2D eigenvalue weighted by Gasteiger charge is 2.58. The molecule has 1 N–H and O–H groups in total. The second-order valence-electron chi connectivity index (χ2n) is 15.2. The van der Waals surface area contributed by atoms with Crippen molar-refractivity contribution in [2.24, 2.45) is 0 Å². The first-order valence-corrected chi connectivity index (χ1v) is 20.2. The first-order chi connectivity index (χ1) is 30.4. The first-order valence-electron chi connectivity index (χ1n) is 20.2. The van der Waals surface area contributed by atoms with Gasteiger partial charge in [-0.05, 0) is 65.2 Å². The number of benzene rings is 3. The van der Waals surface area contributed by atoms with Crippen molar-refractivity contribution in [1.29, 1.82) is 0 Å². The molecule has 0 spiro atoms. The largest absolute Gasteiger partial charge is 0.377 e. The molecular weight excluding hydrogens is 826 g/mol. The molecule has 0 radical (unpaired) electrons. The molecule has 3 aromatic carbocycles. The molecular formula is C44H42F5N11O3. The maximum atomic E-state index is 16.2. The van der Waals surface area contributed by atoms with Gasteiger partial charge in [0.1, 0.15) is 30.0 Å². The molecule has 0 saturated carbocycles. The molecule has 63 heavy (non-hydrogen) atoms. The van der Waals surface area contributed by atoms with E-state index in [9.17, 15) is 18.7 Å². The van der Waals surface area contributed by atoms with Gasteiger partial charge in [0.25, 0.3) is 0 Å². The quantitative estimate of drug-likeness (QED) is 0.114. The van der Waals surface area contributed by atoms with Crippen LogP contribution in [0.2, 0.25) is 0 Å². The molecule has 4 aromatic heterocycles. The van der Waals surface area contributed by atoms with Gasteiger partial charge in [-0.2, -0.15) is 13.9 Å². The van der Waals surface area contributed by atoms with Gasteiger partial charge in [-0.1, -0.05) is 55.5 Å². The molecule has 1 unspecified atom stereocenters. The molecule has 7 aromatic rings. The molecule has 1 aliphatic heterocycles. The summed E-state index contributed by atoms with van der Waals surface area (Å²) in [6, 6.07) is 22.5. The fourth-order valence-electron chi connectivity index (χ4n) is 7.79. The number of anilines is 2. The maximum absolute atomic E-state index is 16.2. The molecule has 326 valence electrons. The molecule has 1 fully saturated rings. The minimum absolute atomic E-state index is 0.150. The third-order valence-corrected chi connectivity index (χ3v) is 11.3. The summed E-state index contributed by atoms with van der Waals surface area (Å²) in [5.74, 6) is -7.38. The summed E-state index contributed by atoms with van der Waals surface area (Å²) in [6.07, 6.45) is 5.25. The van der Waals surface area contributed by atoms with Gasteiger partial charge in [0.15, 0.2) is 17.2 Å². The number of ether oxygens (including phenoxy) is 1. The number of alkyl halides is 2. The summed E-state index contributed by atoms with van der Waals surface area (Å²) in [4.78, 5) is 25.9. The molecule has 5 heterocycles. The van der Waals surface area contributed by atoms with Crippen LogP contribution in [-0.4, -0.2) is 81.9 Å². The van der Waals surface area contributed by atoms with Gasteiger partial charge >= 0.3 is 11.6 Å². The van der Waals surface area contributed by atoms with Crippen LogP contribution in [-0.2, 0) is 29.4 Å². The van der Waals surface area contributed by atoms with E-state index in [2.05, 4.69) is 35.5 Å². The highest BCUT2D eigenvalue weighted by atomic mass is 19.3. The zero-order chi connectivity index (χ0) is 44.3. The Morgan fingerprint density at radius 3 is 2.16 bits per heavy atom. The number of hydrogen-bond acceptors (Lipinski definition) is 11. The fourth-order valence-corrected chi connectivity index (χ4v) is 7.79. The topological polar surface area (TPSA) is 145 Å². The second kappa shape index (κ2) is 17.9. The molecule has 1 aliphatic rings. The first kappa shape index (κ1) is 42.8. The number of tetrazole rings is 1. The minimum Gasteiger partial charge on any atom is -0.377 e. The smallest absolute Gasteiger partial charge is 0.352 e. The Morgan fingerprint density at radius 2 is 1.52 bits per heavy atom. The van der Waals surface area contributed by atoms with Crippen LogP contribution in [0, 0.1) is 17.5 Å².